The van der Waals surface area contributed by atoms with Crippen molar-refractivity contribution in [2.45, 2.75) is 39.2 Å². The van der Waals surface area contributed by atoms with Crippen molar-refractivity contribution >= 4 is 16.8 Å². The molecule has 4 nitrogen and oxygen atoms in total. The highest BCUT2D eigenvalue weighted by Gasteiger charge is 2.28. The highest BCUT2D eigenvalue weighted by molar-refractivity contribution is 5.97. The average Bonchev–Trinajstić information content (AvgIpc) is 2.66. The smallest absolute Gasteiger partial charge is 0.253 e. The molecule has 0 aliphatic rings. The van der Waals surface area contributed by atoms with Gasteiger partial charge in [-0.2, -0.15) is 0 Å². The molecule has 1 unspecified atom stereocenters. The molecular formula is C24H28N2O2. The zero-order valence-corrected chi connectivity index (χ0v) is 17.0. The van der Waals surface area contributed by atoms with Crippen LogP contribution >= 0.6 is 0 Å². The van der Waals surface area contributed by atoms with E-state index in [2.05, 4.69) is 43.2 Å². The Balaban J connectivity index is 1.85. The quantitative estimate of drug-likeness (QED) is 0.630. The standard InChI is InChI=1S/C24H28N2O2/c1-17(2)14-24(3,15-18-8-6-5-7-9-18)26-23(27)20-12-19-13-21(28-4)10-11-22(19)25-16-20/h5-13,16-17H,14-15H2,1-4H3,(H,26,27). The van der Waals surface area contributed by atoms with E-state index in [1.165, 1.54) is 5.56 Å². The Labute approximate surface area is 166 Å². The second-order valence-electron chi connectivity index (χ2n) is 8.06. The molecule has 1 amide bonds. The van der Waals surface area contributed by atoms with Gasteiger partial charge in [0, 0.05) is 17.1 Å². The van der Waals surface area contributed by atoms with E-state index in [4.69, 9.17) is 4.74 Å². The number of amides is 1. The van der Waals surface area contributed by atoms with Crippen molar-refractivity contribution in [3.05, 3.63) is 71.9 Å². The van der Waals surface area contributed by atoms with Crippen LogP contribution in [0.4, 0.5) is 0 Å². The number of rotatable bonds is 7. The Kier molecular flexibility index (Phi) is 5.98. The summed E-state index contributed by atoms with van der Waals surface area (Å²) in [5, 5.41) is 4.16. The molecule has 2 aromatic carbocycles. The van der Waals surface area contributed by atoms with Crippen molar-refractivity contribution in [3.63, 3.8) is 0 Å². The van der Waals surface area contributed by atoms with Gasteiger partial charge in [0.2, 0.25) is 0 Å². The van der Waals surface area contributed by atoms with Gasteiger partial charge in [0.05, 0.1) is 18.2 Å². The number of hydrogen-bond acceptors (Lipinski definition) is 3. The molecule has 0 radical (unpaired) electrons. The van der Waals surface area contributed by atoms with E-state index in [1.54, 1.807) is 13.3 Å². The lowest BCUT2D eigenvalue weighted by Crippen LogP contribution is -2.48. The van der Waals surface area contributed by atoms with Crippen molar-refractivity contribution in [3.8, 4) is 5.75 Å². The minimum atomic E-state index is -0.337. The Bertz CT molecular complexity index is 953. The number of methoxy groups -OCH3 is 1. The zero-order valence-electron chi connectivity index (χ0n) is 17.0. The molecule has 1 N–H and O–H groups in total. The van der Waals surface area contributed by atoms with Crippen LogP contribution in [-0.2, 0) is 6.42 Å². The zero-order chi connectivity index (χ0) is 20.1. The highest BCUT2D eigenvalue weighted by Crippen LogP contribution is 2.24. The molecule has 0 spiro atoms. The van der Waals surface area contributed by atoms with Gasteiger partial charge in [-0.15, -0.1) is 0 Å². The lowest BCUT2D eigenvalue weighted by Gasteiger charge is -2.33. The van der Waals surface area contributed by atoms with E-state index in [-0.39, 0.29) is 11.4 Å². The van der Waals surface area contributed by atoms with E-state index in [0.29, 0.717) is 11.5 Å². The van der Waals surface area contributed by atoms with Crippen LogP contribution < -0.4 is 10.1 Å². The van der Waals surface area contributed by atoms with Gasteiger partial charge in [0.15, 0.2) is 0 Å². The molecule has 0 saturated carbocycles. The van der Waals surface area contributed by atoms with Crippen LogP contribution in [0.5, 0.6) is 5.75 Å². The molecule has 4 heteroatoms. The number of nitrogens with zero attached hydrogens (tertiary/aromatic N) is 1. The number of nitrogens with one attached hydrogen (secondary N) is 1. The fourth-order valence-corrected chi connectivity index (χ4v) is 3.82. The summed E-state index contributed by atoms with van der Waals surface area (Å²) in [6, 6.07) is 17.8. The van der Waals surface area contributed by atoms with Crippen molar-refractivity contribution < 1.29 is 9.53 Å². The lowest BCUT2D eigenvalue weighted by molar-refractivity contribution is 0.0894. The van der Waals surface area contributed by atoms with Gasteiger partial charge in [-0.05, 0) is 55.5 Å². The number of fused-ring (bicyclic) bond motifs is 1. The fraction of sp³-hybridized carbons (Fsp3) is 0.333. The molecule has 0 fully saturated rings. The van der Waals surface area contributed by atoms with E-state index in [0.717, 1.165) is 29.5 Å². The number of carbonyl (C=O) groups is 1. The number of aromatic nitrogens is 1. The summed E-state index contributed by atoms with van der Waals surface area (Å²) in [7, 11) is 1.63. The van der Waals surface area contributed by atoms with Gasteiger partial charge < -0.3 is 10.1 Å². The second-order valence-corrected chi connectivity index (χ2v) is 8.06. The first-order valence-electron chi connectivity index (χ1n) is 9.69. The van der Waals surface area contributed by atoms with E-state index in [9.17, 15) is 4.79 Å². The third kappa shape index (κ3) is 4.89. The molecule has 28 heavy (non-hydrogen) atoms. The molecule has 3 aromatic rings. The molecule has 0 saturated heterocycles. The number of ether oxygens (including phenoxy) is 1. The summed E-state index contributed by atoms with van der Waals surface area (Å²) in [6.45, 7) is 6.48. The van der Waals surface area contributed by atoms with Crippen molar-refractivity contribution in [2.75, 3.05) is 7.11 Å². The maximum atomic E-state index is 13.0. The summed E-state index contributed by atoms with van der Waals surface area (Å²) in [4.78, 5) is 17.5. The van der Waals surface area contributed by atoms with Gasteiger partial charge in [0.25, 0.3) is 5.91 Å². The molecule has 3 rings (SSSR count). The summed E-state index contributed by atoms with van der Waals surface area (Å²) in [5.41, 5.74) is 2.28. The number of carbonyl (C=O) groups excluding carboxylic acids is 1. The van der Waals surface area contributed by atoms with Crippen LogP contribution in [0.25, 0.3) is 10.9 Å². The third-order valence-corrected chi connectivity index (χ3v) is 4.86. The molecule has 1 heterocycles. The monoisotopic (exact) mass is 376 g/mol. The second kappa shape index (κ2) is 8.42. The molecule has 0 bridgehead atoms. The van der Waals surface area contributed by atoms with Crippen LogP contribution in [0.1, 0.15) is 43.1 Å². The predicted octanol–water partition coefficient (Wildman–Crippen LogP) is 5.02. The fourth-order valence-electron chi connectivity index (χ4n) is 3.82. The first-order valence-corrected chi connectivity index (χ1v) is 9.69. The Morgan fingerprint density at radius 3 is 2.57 bits per heavy atom. The molecule has 1 atom stereocenters. The van der Waals surface area contributed by atoms with Gasteiger partial charge >= 0.3 is 0 Å². The van der Waals surface area contributed by atoms with Crippen LogP contribution in [0.3, 0.4) is 0 Å². The van der Waals surface area contributed by atoms with Gasteiger partial charge in [0.1, 0.15) is 5.75 Å². The molecular weight excluding hydrogens is 348 g/mol. The third-order valence-electron chi connectivity index (χ3n) is 4.86. The van der Waals surface area contributed by atoms with Crippen LogP contribution in [0.2, 0.25) is 0 Å². The van der Waals surface area contributed by atoms with Gasteiger partial charge in [-0.1, -0.05) is 44.2 Å². The van der Waals surface area contributed by atoms with E-state index < -0.39 is 0 Å². The van der Waals surface area contributed by atoms with Gasteiger partial charge in [-0.3, -0.25) is 9.78 Å². The largest absolute Gasteiger partial charge is 0.497 e. The predicted molar refractivity (Wildman–Crippen MR) is 114 cm³/mol. The topological polar surface area (TPSA) is 51.2 Å². The summed E-state index contributed by atoms with van der Waals surface area (Å²) in [6.07, 6.45) is 3.32. The molecule has 146 valence electrons. The van der Waals surface area contributed by atoms with E-state index in [1.807, 2.05) is 42.5 Å². The van der Waals surface area contributed by atoms with Gasteiger partial charge in [-0.25, -0.2) is 0 Å². The summed E-state index contributed by atoms with van der Waals surface area (Å²) in [5.74, 6) is 1.12. The first-order chi connectivity index (χ1) is 13.4. The van der Waals surface area contributed by atoms with Crippen molar-refractivity contribution in [1.29, 1.82) is 0 Å². The van der Waals surface area contributed by atoms with Crippen LogP contribution in [-0.4, -0.2) is 23.5 Å². The lowest BCUT2D eigenvalue weighted by atomic mass is 9.84. The van der Waals surface area contributed by atoms with Crippen molar-refractivity contribution in [2.24, 2.45) is 5.92 Å². The molecule has 0 aliphatic carbocycles. The van der Waals surface area contributed by atoms with Crippen molar-refractivity contribution in [1.82, 2.24) is 10.3 Å². The number of benzene rings is 2. The maximum absolute atomic E-state index is 13.0. The summed E-state index contributed by atoms with van der Waals surface area (Å²) < 4.78 is 5.29. The number of pyridine rings is 1. The normalized spacial score (nSPS) is 13.3. The maximum Gasteiger partial charge on any atom is 0.253 e. The Morgan fingerprint density at radius 1 is 1.14 bits per heavy atom. The highest BCUT2D eigenvalue weighted by atomic mass is 16.5. The minimum absolute atomic E-state index is 0.101. The number of hydrogen-bond donors (Lipinski definition) is 1. The first kappa shape index (κ1) is 19.9. The SMILES string of the molecule is COc1ccc2ncc(C(=O)NC(C)(Cc3ccccc3)CC(C)C)cc2c1. The Morgan fingerprint density at radius 2 is 1.89 bits per heavy atom. The van der Waals surface area contributed by atoms with Crippen LogP contribution in [0, 0.1) is 5.92 Å². The molecule has 1 aromatic heterocycles. The molecule has 0 aliphatic heterocycles. The van der Waals surface area contributed by atoms with Crippen LogP contribution in [0.15, 0.2) is 60.8 Å². The Hall–Kier alpha value is -2.88. The average molecular weight is 377 g/mol. The van der Waals surface area contributed by atoms with E-state index >= 15 is 0 Å². The summed E-state index contributed by atoms with van der Waals surface area (Å²) >= 11 is 0. The minimum Gasteiger partial charge on any atom is -0.497 e.